The molecule has 0 bridgehead atoms. The van der Waals surface area contributed by atoms with Crippen LogP contribution in [0.3, 0.4) is 0 Å². The zero-order chi connectivity index (χ0) is 18.1. The second kappa shape index (κ2) is 7.06. The van der Waals surface area contributed by atoms with Crippen LogP contribution >= 0.6 is 11.8 Å². The van der Waals surface area contributed by atoms with Crippen molar-refractivity contribution in [1.82, 2.24) is 14.9 Å². The quantitative estimate of drug-likeness (QED) is 0.761. The lowest BCUT2D eigenvalue weighted by Gasteiger charge is -2.31. The van der Waals surface area contributed by atoms with Gasteiger partial charge in [0, 0.05) is 18.2 Å². The molecule has 7 heteroatoms. The summed E-state index contributed by atoms with van der Waals surface area (Å²) < 4.78 is 0. The third-order valence-electron chi connectivity index (χ3n) is 5.41. The van der Waals surface area contributed by atoms with Crippen molar-refractivity contribution >= 4 is 23.4 Å². The largest absolute Gasteiger partial charge is 0.383 e. The summed E-state index contributed by atoms with van der Waals surface area (Å²) in [5.41, 5.74) is 14.8. The van der Waals surface area contributed by atoms with Crippen LogP contribution in [0.25, 0.3) is 0 Å². The monoisotopic (exact) mass is 370 g/mol. The number of nitrogens with zero attached hydrogens (tertiary/aromatic N) is 3. The molecule has 1 unspecified atom stereocenters. The van der Waals surface area contributed by atoms with E-state index < -0.39 is 4.99 Å². The number of anilines is 2. The predicted molar refractivity (Wildman–Crippen MR) is 107 cm³/mol. The van der Waals surface area contributed by atoms with Gasteiger partial charge in [-0.2, -0.15) is 0 Å². The Morgan fingerprint density at radius 3 is 2.62 bits per heavy atom. The molecule has 2 aromatic rings. The first-order valence-corrected chi connectivity index (χ1v) is 10.0. The van der Waals surface area contributed by atoms with E-state index in [1.54, 1.807) is 0 Å². The number of aromatic nitrogens is 2. The van der Waals surface area contributed by atoms with E-state index in [0.717, 1.165) is 17.0 Å². The fourth-order valence-electron chi connectivity index (χ4n) is 3.87. The van der Waals surface area contributed by atoms with Crippen molar-refractivity contribution in [3.05, 3.63) is 41.7 Å². The van der Waals surface area contributed by atoms with Crippen LogP contribution in [0.5, 0.6) is 0 Å². The molecule has 2 aliphatic rings. The van der Waals surface area contributed by atoms with E-state index in [1.807, 2.05) is 0 Å². The molecule has 4 rings (SSSR count). The van der Waals surface area contributed by atoms with Crippen LogP contribution in [0.1, 0.15) is 43.2 Å². The van der Waals surface area contributed by atoms with Gasteiger partial charge in [0.2, 0.25) is 0 Å². The lowest BCUT2D eigenvalue weighted by molar-refractivity contribution is 0.184. The molecule has 26 heavy (non-hydrogen) atoms. The summed E-state index contributed by atoms with van der Waals surface area (Å²) in [6.45, 7) is 0.974. The van der Waals surface area contributed by atoms with Gasteiger partial charge in [0.1, 0.15) is 18.0 Å². The van der Waals surface area contributed by atoms with Crippen LogP contribution in [0.15, 0.2) is 35.5 Å². The summed E-state index contributed by atoms with van der Waals surface area (Å²) in [4.78, 5) is 10.8. The Morgan fingerprint density at radius 2 is 1.92 bits per heavy atom. The number of benzene rings is 1. The summed E-state index contributed by atoms with van der Waals surface area (Å²) in [5, 5.41) is 3.28. The maximum Gasteiger partial charge on any atom is 0.167 e. The van der Waals surface area contributed by atoms with Gasteiger partial charge in [-0.1, -0.05) is 55.3 Å². The Labute approximate surface area is 158 Å². The lowest BCUT2D eigenvalue weighted by atomic mass is 9.94. The van der Waals surface area contributed by atoms with Crippen LogP contribution in [-0.4, -0.2) is 28.0 Å². The number of hydrogen-bond acceptors (Lipinski definition) is 7. The summed E-state index contributed by atoms with van der Waals surface area (Å²) in [6.07, 6.45) is 8.21. The smallest absolute Gasteiger partial charge is 0.167 e. The minimum Gasteiger partial charge on any atom is -0.383 e. The fraction of sp³-hybridized carbons (Fsp3) is 0.474. The highest BCUT2D eigenvalue weighted by Gasteiger charge is 2.38. The van der Waals surface area contributed by atoms with E-state index in [2.05, 4.69) is 51.5 Å². The molecule has 138 valence electrons. The second-order valence-electron chi connectivity index (χ2n) is 7.30. The highest BCUT2D eigenvalue weighted by molar-refractivity contribution is 8.01. The zero-order valence-corrected chi connectivity index (χ0v) is 15.9. The first-order chi connectivity index (χ1) is 12.5. The van der Waals surface area contributed by atoms with Crippen molar-refractivity contribution in [3.8, 4) is 0 Å². The van der Waals surface area contributed by atoms with Gasteiger partial charge >= 0.3 is 0 Å². The number of nitrogen functional groups attached to an aromatic ring is 1. The first kappa shape index (κ1) is 17.6. The van der Waals surface area contributed by atoms with Gasteiger partial charge in [0.05, 0.1) is 4.90 Å². The number of fused-ring (bicyclic) bond motifs is 1. The normalized spacial score (nSPS) is 23.0. The Hall–Kier alpha value is -1.83. The van der Waals surface area contributed by atoms with E-state index in [0.29, 0.717) is 17.7 Å². The number of rotatable bonds is 4. The topological polar surface area (TPSA) is 93.1 Å². The van der Waals surface area contributed by atoms with Crippen molar-refractivity contribution in [2.75, 3.05) is 18.1 Å². The van der Waals surface area contributed by atoms with E-state index in [9.17, 15) is 0 Å². The van der Waals surface area contributed by atoms with Crippen LogP contribution in [-0.2, 0) is 11.5 Å². The van der Waals surface area contributed by atoms with Crippen LogP contribution in [0.4, 0.5) is 11.6 Å². The van der Waals surface area contributed by atoms with E-state index in [1.165, 1.54) is 55.8 Å². The van der Waals surface area contributed by atoms with Gasteiger partial charge in [-0.15, -0.1) is 0 Å². The zero-order valence-electron chi connectivity index (χ0n) is 15.1. The average molecular weight is 371 g/mol. The van der Waals surface area contributed by atoms with Crippen molar-refractivity contribution in [1.29, 1.82) is 0 Å². The predicted octanol–water partition coefficient (Wildman–Crippen LogP) is 3.11. The van der Waals surface area contributed by atoms with Crippen LogP contribution < -0.4 is 16.8 Å². The molecule has 1 atom stereocenters. The number of nitrogens with two attached hydrogens (primary N) is 2. The molecular weight excluding hydrogens is 344 g/mol. The molecule has 0 spiro atoms. The molecule has 6 nitrogen and oxygen atoms in total. The molecule has 5 N–H and O–H groups in total. The van der Waals surface area contributed by atoms with Crippen LogP contribution in [0, 0.1) is 0 Å². The number of hydrogen-bond donors (Lipinski definition) is 3. The third kappa shape index (κ3) is 3.39. The molecular formula is C19H26N6S. The third-order valence-corrected chi connectivity index (χ3v) is 6.68. The molecule has 0 radical (unpaired) electrons. The Kier molecular flexibility index (Phi) is 4.77. The van der Waals surface area contributed by atoms with Gasteiger partial charge in [-0.05, 0) is 25.5 Å². The van der Waals surface area contributed by atoms with Crippen molar-refractivity contribution < 1.29 is 0 Å². The van der Waals surface area contributed by atoms with Gasteiger partial charge in [-0.25, -0.2) is 9.97 Å². The highest BCUT2D eigenvalue weighted by Crippen LogP contribution is 2.48. The summed E-state index contributed by atoms with van der Waals surface area (Å²) in [6, 6.07) is 9.25. The van der Waals surface area contributed by atoms with E-state index in [-0.39, 0.29) is 0 Å². The SMILES string of the molecule is CN(Cc1ccc(C2(N)Nc3ncnc(N)c3S2)cc1)C1CCCCC1. The molecule has 1 aliphatic carbocycles. The summed E-state index contributed by atoms with van der Waals surface area (Å²) in [5.74, 6) is 1.16. The first-order valence-electron chi connectivity index (χ1n) is 9.21. The molecule has 0 saturated heterocycles. The van der Waals surface area contributed by atoms with Gasteiger partial charge in [0.25, 0.3) is 0 Å². The van der Waals surface area contributed by atoms with E-state index >= 15 is 0 Å². The second-order valence-corrected chi connectivity index (χ2v) is 8.56. The van der Waals surface area contributed by atoms with Gasteiger partial charge < -0.3 is 11.1 Å². The molecule has 1 saturated carbocycles. The van der Waals surface area contributed by atoms with Crippen molar-refractivity contribution in [3.63, 3.8) is 0 Å². The highest BCUT2D eigenvalue weighted by atomic mass is 32.2. The Morgan fingerprint density at radius 1 is 1.19 bits per heavy atom. The minimum absolute atomic E-state index is 0.463. The fourth-order valence-corrected chi connectivity index (χ4v) is 4.95. The van der Waals surface area contributed by atoms with Gasteiger partial charge in [-0.3, -0.25) is 10.6 Å². The average Bonchev–Trinajstić information content (AvgIpc) is 3.02. The number of thioether (sulfide) groups is 1. The maximum absolute atomic E-state index is 6.59. The lowest BCUT2D eigenvalue weighted by Crippen LogP contribution is -2.38. The summed E-state index contributed by atoms with van der Waals surface area (Å²) >= 11 is 1.47. The summed E-state index contributed by atoms with van der Waals surface area (Å²) in [7, 11) is 2.24. The Bertz CT molecular complexity index is 774. The van der Waals surface area contributed by atoms with Crippen molar-refractivity contribution in [2.24, 2.45) is 5.73 Å². The Balaban J connectivity index is 1.45. The van der Waals surface area contributed by atoms with Crippen LogP contribution in [0.2, 0.25) is 0 Å². The standard InChI is InChI=1S/C19H26N6S/c1-25(15-5-3-2-4-6-15)11-13-7-9-14(10-8-13)19(21)24-18-16(26-19)17(20)22-12-23-18/h7-10,12,15H,2-6,11,21H2,1H3,(H3,20,22,23,24). The molecule has 2 heterocycles. The molecule has 1 fully saturated rings. The molecule has 1 aliphatic heterocycles. The minimum atomic E-state index is -0.764. The molecule has 1 aromatic heterocycles. The molecule has 1 aromatic carbocycles. The molecule has 0 amide bonds. The number of nitrogens with one attached hydrogen (secondary N) is 1. The van der Waals surface area contributed by atoms with E-state index in [4.69, 9.17) is 11.5 Å². The van der Waals surface area contributed by atoms with Crippen molar-refractivity contribution in [2.45, 2.75) is 54.6 Å². The van der Waals surface area contributed by atoms with Gasteiger partial charge in [0.15, 0.2) is 4.99 Å². The maximum atomic E-state index is 6.59.